The summed E-state index contributed by atoms with van der Waals surface area (Å²) in [6, 6.07) is 6.91. The normalized spacial score (nSPS) is 15.9. The number of ether oxygens (including phenoxy) is 3. The van der Waals surface area contributed by atoms with Crippen molar-refractivity contribution < 1.29 is 32.3 Å². The van der Waals surface area contributed by atoms with E-state index < -0.39 is 22.0 Å². The van der Waals surface area contributed by atoms with Gasteiger partial charge in [0.05, 0.1) is 18.5 Å². The molecule has 24 heavy (non-hydrogen) atoms. The highest BCUT2D eigenvalue weighted by Crippen LogP contribution is 2.28. The third-order valence-corrected chi connectivity index (χ3v) is 4.27. The summed E-state index contributed by atoms with van der Waals surface area (Å²) in [6.07, 6.45) is 1.49. The smallest absolute Gasteiger partial charge is 0.264 e. The summed E-state index contributed by atoms with van der Waals surface area (Å²) in [5.41, 5.74) is 0. The minimum atomic E-state index is -4.06. The first-order chi connectivity index (χ1) is 11.4. The van der Waals surface area contributed by atoms with Crippen LogP contribution in [0.15, 0.2) is 24.3 Å². The summed E-state index contributed by atoms with van der Waals surface area (Å²) in [5.74, 6) is 1.49. The van der Waals surface area contributed by atoms with Crippen LogP contribution in [0.4, 0.5) is 0 Å². The van der Waals surface area contributed by atoms with Gasteiger partial charge in [0.2, 0.25) is 0 Å². The summed E-state index contributed by atoms with van der Waals surface area (Å²) < 4.78 is 46.2. The van der Waals surface area contributed by atoms with Crippen LogP contribution in [0.25, 0.3) is 0 Å². The fourth-order valence-electron chi connectivity index (χ4n) is 1.95. The third kappa shape index (κ3) is 8.49. The predicted octanol–water partition coefficient (Wildman–Crippen LogP) is 1.51. The Morgan fingerprint density at radius 2 is 1.71 bits per heavy atom. The van der Waals surface area contributed by atoms with E-state index in [0.29, 0.717) is 24.7 Å². The molecule has 8 heteroatoms. The fourth-order valence-corrected chi connectivity index (χ4v) is 2.52. The fraction of sp³-hybridized carbons (Fsp3) is 0.625. The van der Waals surface area contributed by atoms with Crippen LogP contribution in [0.2, 0.25) is 0 Å². The van der Waals surface area contributed by atoms with E-state index >= 15 is 0 Å². The maximum absolute atomic E-state index is 10.6. The summed E-state index contributed by atoms with van der Waals surface area (Å²) in [5, 5.41) is 9.60. The van der Waals surface area contributed by atoms with Gasteiger partial charge in [-0.3, -0.25) is 4.55 Å². The highest BCUT2D eigenvalue weighted by Gasteiger charge is 2.20. The van der Waals surface area contributed by atoms with Gasteiger partial charge in [-0.1, -0.05) is 0 Å². The van der Waals surface area contributed by atoms with Gasteiger partial charge in [-0.05, 0) is 49.4 Å². The van der Waals surface area contributed by atoms with Crippen molar-refractivity contribution >= 4 is 10.1 Å². The van der Waals surface area contributed by atoms with Crippen molar-refractivity contribution in [1.82, 2.24) is 0 Å². The van der Waals surface area contributed by atoms with E-state index in [9.17, 15) is 13.5 Å². The van der Waals surface area contributed by atoms with E-state index in [0.717, 1.165) is 12.5 Å². The third-order valence-electron chi connectivity index (χ3n) is 3.52. The molecule has 1 aliphatic carbocycles. The molecule has 1 saturated carbocycles. The van der Waals surface area contributed by atoms with E-state index in [1.165, 1.54) is 12.8 Å². The van der Waals surface area contributed by atoms with Crippen LogP contribution in [-0.4, -0.2) is 56.4 Å². The zero-order chi connectivity index (χ0) is 17.4. The van der Waals surface area contributed by atoms with Crippen molar-refractivity contribution in [1.29, 1.82) is 0 Å². The lowest BCUT2D eigenvalue weighted by Gasteiger charge is -2.12. The number of benzene rings is 1. The lowest BCUT2D eigenvalue weighted by Crippen LogP contribution is -2.21. The first-order valence-corrected chi connectivity index (χ1v) is 9.60. The second-order valence-electron chi connectivity index (χ2n) is 5.88. The van der Waals surface area contributed by atoms with Crippen molar-refractivity contribution in [3.8, 4) is 11.5 Å². The lowest BCUT2D eigenvalue weighted by molar-refractivity contribution is 0.0925. The molecule has 136 valence electrons. The van der Waals surface area contributed by atoms with E-state index in [1.54, 1.807) is 24.3 Å². The Kier molecular flexibility index (Phi) is 7.29. The zero-order valence-electron chi connectivity index (χ0n) is 13.5. The lowest BCUT2D eigenvalue weighted by atomic mass is 10.3. The van der Waals surface area contributed by atoms with Gasteiger partial charge in [0.1, 0.15) is 24.7 Å². The van der Waals surface area contributed by atoms with E-state index in [1.807, 2.05) is 0 Å². The molecular formula is C16H24O7S. The second kappa shape index (κ2) is 9.22. The van der Waals surface area contributed by atoms with Gasteiger partial charge in [-0.25, -0.2) is 0 Å². The molecule has 0 amide bonds. The number of hydrogen-bond acceptors (Lipinski definition) is 6. The average Bonchev–Trinajstić information content (AvgIpc) is 3.35. The van der Waals surface area contributed by atoms with Crippen molar-refractivity contribution in [2.24, 2.45) is 5.92 Å². The minimum Gasteiger partial charge on any atom is -0.491 e. The molecule has 1 aromatic rings. The molecule has 1 unspecified atom stereocenters. The highest BCUT2D eigenvalue weighted by atomic mass is 32.2. The zero-order valence-corrected chi connectivity index (χ0v) is 14.3. The molecular weight excluding hydrogens is 336 g/mol. The monoisotopic (exact) mass is 360 g/mol. The predicted molar refractivity (Wildman–Crippen MR) is 88.0 cm³/mol. The number of aliphatic hydroxyl groups is 1. The molecule has 1 atom stereocenters. The molecule has 0 saturated heterocycles. The van der Waals surface area contributed by atoms with Crippen LogP contribution in [0, 0.1) is 5.92 Å². The average molecular weight is 360 g/mol. The molecule has 0 radical (unpaired) electrons. The van der Waals surface area contributed by atoms with Crippen LogP contribution < -0.4 is 9.47 Å². The van der Waals surface area contributed by atoms with Gasteiger partial charge in [-0.2, -0.15) is 8.42 Å². The van der Waals surface area contributed by atoms with E-state index in [4.69, 9.17) is 18.8 Å². The van der Waals surface area contributed by atoms with Crippen LogP contribution >= 0.6 is 0 Å². The Bertz CT molecular complexity index is 581. The topological polar surface area (TPSA) is 102 Å². The highest BCUT2D eigenvalue weighted by molar-refractivity contribution is 7.85. The molecule has 0 spiro atoms. The van der Waals surface area contributed by atoms with Crippen LogP contribution in [0.5, 0.6) is 11.5 Å². The van der Waals surface area contributed by atoms with Crippen LogP contribution in [-0.2, 0) is 14.9 Å². The van der Waals surface area contributed by atoms with Crippen LogP contribution in [0.3, 0.4) is 0 Å². The van der Waals surface area contributed by atoms with Gasteiger partial charge in [0.25, 0.3) is 10.1 Å². The summed E-state index contributed by atoms with van der Waals surface area (Å²) >= 11 is 0. The maximum atomic E-state index is 10.6. The molecule has 2 rings (SSSR count). The van der Waals surface area contributed by atoms with Gasteiger partial charge >= 0.3 is 0 Å². The Hall–Kier alpha value is -1.35. The molecule has 7 nitrogen and oxygen atoms in total. The number of aliphatic hydroxyl groups excluding tert-OH is 1. The van der Waals surface area contributed by atoms with E-state index in [-0.39, 0.29) is 13.0 Å². The first kappa shape index (κ1) is 19.0. The molecule has 2 N–H and O–H groups in total. The van der Waals surface area contributed by atoms with Crippen molar-refractivity contribution in [3.63, 3.8) is 0 Å². The van der Waals surface area contributed by atoms with E-state index in [2.05, 4.69) is 0 Å². The molecule has 0 aliphatic heterocycles. The minimum absolute atomic E-state index is 0.0509. The molecule has 1 aliphatic rings. The van der Waals surface area contributed by atoms with Gasteiger partial charge in [-0.15, -0.1) is 0 Å². The summed E-state index contributed by atoms with van der Waals surface area (Å²) in [4.78, 5) is 0. The SMILES string of the molecule is O=S(=O)(O)CCC(O)COc1ccc(OCCOCC2CC2)cc1. The number of hydrogen-bond donors (Lipinski definition) is 2. The van der Waals surface area contributed by atoms with Crippen molar-refractivity contribution in [3.05, 3.63) is 24.3 Å². The van der Waals surface area contributed by atoms with Crippen molar-refractivity contribution in [2.45, 2.75) is 25.4 Å². The first-order valence-electron chi connectivity index (χ1n) is 7.99. The maximum Gasteiger partial charge on any atom is 0.264 e. The van der Waals surface area contributed by atoms with Gasteiger partial charge in [0.15, 0.2) is 0 Å². The molecule has 0 heterocycles. The Morgan fingerprint density at radius 1 is 1.08 bits per heavy atom. The molecule has 0 aromatic heterocycles. The largest absolute Gasteiger partial charge is 0.491 e. The summed E-state index contributed by atoms with van der Waals surface area (Å²) in [6.45, 7) is 1.82. The summed E-state index contributed by atoms with van der Waals surface area (Å²) in [7, 11) is -4.06. The quantitative estimate of drug-likeness (QED) is 0.430. The van der Waals surface area contributed by atoms with Gasteiger partial charge in [0, 0.05) is 6.61 Å². The van der Waals surface area contributed by atoms with Gasteiger partial charge < -0.3 is 19.3 Å². The Labute approximate surface area is 142 Å². The number of rotatable bonds is 12. The second-order valence-corrected chi connectivity index (χ2v) is 7.45. The Morgan fingerprint density at radius 3 is 2.29 bits per heavy atom. The Balaban J connectivity index is 1.60. The molecule has 0 bridgehead atoms. The molecule has 1 fully saturated rings. The van der Waals surface area contributed by atoms with Crippen molar-refractivity contribution in [2.75, 3.05) is 32.2 Å². The van der Waals surface area contributed by atoms with Crippen LogP contribution in [0.1, 0.15) is 19.3 Å². The standard InChI is InChI=1S/C16H24O7S/c17-14(7-10-24(18,19)20)12-23-16-5-3-15(4-6-16)22-9-8-21-11-13-1-2-13/h3-6,13-14,17H,1-2,7-12H2,(H,18,19,20). The molecule has 1 aromatic carbocycles.